The number of nitrogens with one attached hydrogen (secondary N) is 1. The first-order valence-electron chi connectivity index (χ1n) is 5.66. The molecule has 1 fully saturated rings. The first-order chi connectivity index (χ1) is 8.70. The van der Waals surface area contributed by atoms with Crippen molar-refractivity contribution in [3.05, 3.63) is 23.8 Å². The van der Waals surface area contributed by atoms with Crippen molar-refractivity contribution in [3.8, 4) is 11.8 Å². The lowest BCUT2D eigenvalue weighted by Crippen LogP contribution is -2.31. The van der Waals surface area contributed by atoms with Crippen LogP contribution < -0.4 is 15.8 Å². The van der Waals surface area contributed by atoms with E-state index in [2.05, 4.69) is 5.32 Å². The minimum absolute atomic E-state index is 0.0728. The molecular weight excluding hydrogens is 232 g/mol. The average molecular weight is 246 g/mol. The number of hydrogen-bond donors (Lipinski definition) is 2. The molecule has 1 saturated heterocycles. The Labute approximate surface area is 105 Å². The number of benzene rings is 1. The van der Waals surface area contributed by atoms with Gasteiger partial charge >= 0.3 is 6.03 Å². The van der Waals surface area contributed by atoms with Crippen molar-refractivity contribution in [1.82, 2.24) is 10.2 Å². The molecule has 0 aromatic heterocycles. The van der Waals surface area contributed by atoms with Gasteiger partial charge < -0.3 is 20.7 Å². The van der Waals surface area contributed by atoms with Crippen LogP contribution in [0.5, 0.6) is 5.75 Å². The molecule has 0 bridgehead atoms. The van der Waals surface area contributed by atoms with Crippen molar-refractivity contribution in [2.45, 2.75) is 0 Å². The zero-order chi connectivity index (χ0) is 13.0. The number of nitrogens with two attached hydrogens (primary N) is 1. The molecule has 0 aliphatic carbocycles. The summed E-state index contributed by atoms with van der Waals surface area (Å²) in [6.45, 7) is 2.21. The Kier molecular flexibility index (Phi) is 3.53. The molecule has 2 amide bonds. The normalized spacial score (nSPS) is 14.2. The lowest BCUT2D eigenvalue weighted by molar-refractivity contribution is 0.202. The molecule has 6 nitrogen and oxygen atoms in total. The Morgan fingerprint density at radius 2 is 2.39 bits per heavy atom. The topological polar surface area (TPSA) is 91.4 Å². The Morgan fingerprint density at radius 3 is 3.06 bits per heavy atom. The highest BCUT2D eigenvalue weighted by molar-refractivity contribution is 5.76. The zero-order valence-corrected chi connectivity index (χ0v) is 9.85. The zero-order valence-electron chi connectivity index (χ0n) is 9.85. The highest BCUT2D eigenvalue weighted by Gasteiger charge is 2.18. The van der Waals surface area contributed by atoms with Crippen molar-refractivity contribution in [3.63, 3.8) is 0 Å². The summed E-state index contributed by atoms with van der Waals surface area (Å²) in [6.07, 6.45) is 0. The monoisotopic (exact) mass is 246 g/mol. The van der Waals surface area contributed by atoms with Gasteiger partial charge in [-0.3, -0.25) is 0 Å². The van der Waals surface area contributed by atoms with Crippen LogP contribution in [0.15, 0.2) is 18.2 Å². The SMILES string of the molecule is N#Cc1cc(N)ccc1OCCN1CCNC1=O. The van der Waals surface area contributed by atoms with Crippen molar-refractivity contribution in [2.75, 3.05) is 32.0 Å². The summed E-state index contributed by atoms with van der Waals surface area (Å²) in [7, 11) is 0. The number of rotatable bonds is 4. The molecule has 1 heterocycles. The first kappa shape index (κ1) is 12.0. The lowest BCUT2D eigenvalue weighted by atomic mass is 10.2. The van der Waals surface area contributed by atoms with E-state index in [1.165, 1.54) is 0 Å². The second-order valence-electron chi connectivity index (χ2n) is 3.93. The maximum Gasteiger partial charge on any atom is 0.317 e. The minimum Gasteiger partial charge on any atom is -0.490 e. The maximum atomic E-state index is 11.3. The molecular formula is C12H14N4O2. The van der Waals surface area contributed by atoms with Crippen LogP contribution in [0, 0.1) is 11.3 Å². The smallest absolute Gasteiger partial charge is 0.317 e. The second kappa shape index (κ2) is 5.27. The first-order valence-corrected chi connectivity index (χ1v) is 5.66. The average Bonchev–Trinajstić information content (AvgIpc) is 2.77. The highest BCUT2D eigenvalue weighted by Crippen LogP contribution is 2.20. The molecule has 0 unspecified atom stereocenters. The van der Waals surface area contributed by atoms with E-state index in [0.29, 0.717) is 43.2 Å². The number of carbonyl (C=O) groups is 1. The number of nitrogen functional groups attached to an aromatic ring is 1. The third kappa shape index (κ3) is 2.63. The van der Waals surface area contributed by atoms with Crippen LogP contribution in [0.1, 0.15) is 5.56 Å². The second-order valence-corrected chi connectivity index (χ2v) is 3.93. The molecule has 2 rings (SSSR count). The van der Waals surface area contributed by atoms with Gasteiger partial charge in [-0.1, -0.05) is 0 Å². The molecule has 3 N–H and O–H groups in total. The van der Waals surface area contributed by atoms with Crippen molar-refractivity contribution in [1.29, 1.82) is 5.26 Å². The maximum absolute atomic E-state index is 11.3. The number of nitriles is 1. The van der Waals surface area contributed by atoms with Gasteiger partial charge in [-0.05, 0) is 18.2 Å². The standard InChI is InChI=1S/C12H14N4O2/c13-8-9-7-10(14)1-2-11(9)18-6-5-16-4-3-15-12(16)17/h1-2,7H,3-6,14H2,(H,15,17). The Bertz CT molecular complexity index is 495. The van der Waals surface area contributed by atoms with Gasteiger partial charge in [0.1, 0.15) is 18.4 Å². The summed E-state index contributed by atoms with van der Waals surface area (Å²) in [5.41, 5.74) is 6.51. The van der Waals surface area contributed by atoms with Crippen molar-refractivity contribution >= 4 is 11.7 Å². The number of anilines is 1. The molecule has 94 valence electrons. The Hall–Kier alpha value is -2.42. The lowest BCUT2D eigenvalue weighted by Gasteiger charge is -2.15. The summed E-state index contributed by atoms with van der Waals surface area (Å²) < 4.78 is 5.49. The fourth-order valence-corrected chi connectivity index (χ4v) is 1.75. The third-order valence-electron chi connectivity index (χ3n) is 2.69. The van der Waals surface area contributed by atoms with Crippen LogP contribution in [-0.4, -0.2) is 37.2 Å². The van der Waals surface area contributed by atoms with Gasteiger partial charge in [0.05, 0.1) is 12.1 Å². The molecule has 0 saturated carbocycles. The molecule has 1 aromatic carbocycles. The van der Waals surface area contributed by atoms with Crippen LogP contribution in [0.4, 0.5) is 10.5 Å². The fourth-order valence-electron chi connectivity index (χ4n) is 1.75. The number of hydrogen-bond acceptors (Lipinski definition) is 4. The summed E-state index contributed by atoms with van der Waals surface area (Å²) in [6, 6.07) is 6.86. The number of nitrogens with zero attached hydrogens (tertiary/aromatic N) is 2. The van der Waals surface area contributed by atoms with E-state index in [9.17, 15) is 4.79 Å². The van der Waals surface area contributed by atoms with E-state index in [1.54, 1.807) is 23.1 Å². The molecule has 0 spiro atoms. The molecule has 18 heavy (non-hydrogen) atoms. The Morgan fingerprint density at radius 1 is 1.56 bits per heavy atom. The van der Waals surface area contributed by atoms with Crippen LogP contribution in [-0.2, 0) is 0 Å². The summed E-state index contributed by atoms with van der Waals surface area (Å²) in [5.74, 6) is 0.492. The molecule has 1 aliphatic rings. The van der Waals surface area contributed by atoms with E-state index >= 15 is 0 Å². The van der Waals surface area contributed by atoms with E-state index in [0.717, 1.165) is 0 Å². The molecule has 6 heteroatoms. The van der Waals surface area contributed by atoms with Crippen LogP contribution >= 0.6 is 0 Å². The number of amides is 2. The molecule has 0 atom stereocenters. The van der Waals surface area contributed by atoms with Crippen molar-refractivity contribution < 1.29 is 9.53 Å². The van der Waals surface area contributed by atoms with Crippen LogP contribution in [0.2, 0.25) is 0 Å². The minimum atomic E-state index is -0.0728. The van der Waals surface area contributed by atoms with E-state index in [4.69, 9.17) is 15.7 Å². The third-order valence-corrected chi connectivity index (χ3v) is 2.69. The van der Waals surface area contributed by atoms with Gasteiger partial charge in [0.25, 0.3) is 0 Å². The van der Waals surface area contributed by atoms with Gasteiger partial charge in [0, 0.05) is 18.8 Å². The van der Waals surface area contributed by atoms with Crippen LogP contribution in [0.3, 0.4) is 0 Å². The van der Waals surface area contributed by atoms with Gasteiger partial charge in [-0.25, -0.2) is 4.79 Å². The van der Waals surface area contributed by atoms with E-state index in [1.807, 2.05) is 6.07 Å². The van der Waals surface area contributed by atoms with E-state index < -0.39 is 0 Å². The van der Waals surface area contributed by atoms with Gasteiger partial charge in [0.15, 0.2) is 0 Å². The fraction of sp³-hybridized carbons (Fsp3) is 0.333. The van der Waals surface area contributed by atoms with Crippen molar-refractivity contribution in [2.24, 2.45) is 0 Å². The van der Waals surface area contributed by atoms with Gasteiger partial charge in [-0.15, -0.1) is 0 Å². The molecule has 0 radical (unpaired) electrons. The summed E-state index contributed by atoms with van der Waals surface area (Å²) in [5, 5.41) is 11.6. The predicted octanol–water partition coefficient (Wildman–Crippen LogP) is 0.544. The molecule has 1 aromatic rings. The van der Waals surface area contributed by atoms with E-state index in [-0.39, 0.29) is 6.03 Å². The van der Waals surface area contributed by atoms with Gasteiger partial charge in [0.2, 0.25) is 0 Å². The molecule has 1 aliphatic heterocycles. The number of carbonyl (C=O) groups excluding carboxylic acids is 1. The highest BCUT2D eigenvalue weighted by atomic mass is 16.5. The van der Waals surface area contributed by atoms with Crippen LogP contribution in [0.25, 0.3) is 0 Å². The Balaban J connectivity index is 1.90. The number of urea groups is 1. The largest absolute Gasteiger partial charge is 0.490 e. The number of ether oxygens (including phenoxy) is 1. The summed E-state index contributed by atoms with van der Waals surface area (Å²) >= 11 is 0. The quantitative estimate of drug-likeness (QED) is 0.759. The summed E-state index contributed by atoms with van der Waals surface area (Å²) in [4.78, 5) is 12.9. The predicted molar refractivity (Wildman–Crippen MR) is 66.0 cm³/mol. The van der Waals surface area contributed by atoms with Gasteiger partial charge in [-0.2, -0.15) is 5.26 Å².